The highest BCUT2D eigenvalue weighted by Gasteiger charge is 2.36. The number of carbonyl (C=O) groups excluding carboxylic acids is 2. The highest BCUT2D eigenvalue weighted by Crippen LogP contribution is 2.23. The number of benzene rings is 1. The van der Waals surface area contributed by atoms with Crippen molar-refractivity contribution in [2.24, 2.45) is 5.41 Å². The summed E-state index contributed by atoms with van der Waals surface area (Å²) in [5.74, 6) is -0.0519. The molecule has 0 spiro atoms. The van der Waals surface area contributed by atoms with E-state index in [2.05, 4.69) is 10.6 Å². The minimum Gasteiger partial charge on any atom is -0.467 e. The summed E-state index contributed by atoms with van der Waals surface area (Å²) >= 11 is 0. The standard InChI is InChI=1S/C18H22N2O3/c1-12-7-5-9-15(13(12)2)20-17(22)18(3,4)16(21)19-11-14-8-6-10-23-14/h5-10H,11H2,1-4H3,(H,19,21)(H,20,22). The zero-order chi connectivity index (χ0) is 17.0. The SMILES string of the molecule is Cc1cccc(NC(=O)C(C)(C)C(=O)NCc2ccco2)c1C. The molecule has 0 radical (unpaired) electrons. The molecule has 0 saturated carbocycles. The third-order valence-electron chi connectivity index (χ3n) is 3.99. The molecule has 0 atom stereocenters. The van der Waals surface area contributed by atoms with Crippen LogP contribution in [0.5, 0.6) is 0 Å². The molecular weight excluding hydrogens is 292 g/mol. The molecule has 0 bridgehead atoms. The predicted molar refractivity (Wildman–Crippen MR) is 88.9 cm³/mol. The molecule has 2 N–H and O–H groups in total. The molecule has 2 aromatic rings. The van der Waals surface area contributed by atoms with Gasteiger partial charge in [0.1, 0.15) is 11.2 Å². The van der Waals surface area contributed by atoms with Crippen LogP contribution in [0, 0.1) is 19.3 Å². The molecule has 5 nitrogen and oxygen atoms in total. The molecule has 1 aromatic carbocycles. The Bertz CT molecular complexity index is 703. The first-order valence-electron chi connectivity index (χ1n) is 7.50. The Morgan fingerprint density at radius 3 is 2.48 bits per heavy atom. The first-order chi connectivity index (χ1) is 10.8. The van der Waals surface area contributed by atoms with Gasteiger partial charge in [-0.05, 0) is 57.0 Å². The maximum Gasteiger partial charge on any atom is 0.239 e. The molecule has 0 aliphatic heterocycles. The van der Waals surface area contributed by atoms with Gasteiger partial charge >= 0.3 is 0 Å². The summed E-state index contributed by atoms with van der Waals surface area (Å²) in [7, 11) is 0. The highest BCUT2D eigenvalue weighted by atomic mass is 16.3. The van der Waals surface area contributed by atoms with Crippen molar-refractivity contribution in [2.75, 3.05) is 5.32 Å². The number of amides is 2. The normalized spacial score (nSPS) is 11.1. The summed E-state index contributed by atoms with van der Waals surface area (Å²) in [4.78, 5) is 24.8. The van der Waals surface area contributed by atoms with Crippen LogP contribution in [0.2, 0.25) is 0 Å². The lowest BCUT2D eigenvalue weighted by Gasteiger charge is -2.23. The largest absolute Gasteiger partial charge is 0.467 e. The topological polar surface area (TPSA) is 71.3 Å². The van der Waals surface area contributed by atoms with Crippen LogP contribution in [-0.4, -0.2) is 11.8 Å². The summed E-state index contributed by atoms with van der Waals surface area (Å²) < 4.78 is 5.17. The lowest BCUT2D eigenvalue weighted by molar-refractivity contribution is -0.138. The predicted octanol–water partition coefficient (Wildman–Crippen LogP) is 3.18. The fourth-order valence-corrected chi connectivity index (χ4v) is 2.07. The third-order valence-corrected chi connectivity index (χ3v) is 3.99. The van der Waals surface area contributed by atoms with Crippen molar-refractivity contribution in [1.82, 2.24) is 5.32 Å². The van der Waals surface area contributed by atoms with Gasteiger partial charge in [0.15, 0.2) is 0 Å². The van der Waals surface area contributed by atoms with Crippen molar-refractivity contribution in [2.45, 2.75) is 34.2 Å². The fraction of sp³-hybridized carbons (Fsp3) is 0.333. The molecule has 23 heavy (non-hydrogen) atoms. The Morgan fingerprint density at radius 1 is 1.09 bits per heavy atom. The van der Waals surface area contributed by atoms with Crippen LogP contribution in [0.15, 0.2) is 41.0 Å². The Morgan fingerprint density at radius 2 is 1.83 bits per heavy atom. The fourth-order valence-electron chi connectivity index (χ4n) is 2.07. The van der Waals surface area contributed by atoms with E-state index >= 15 is 0 Å². The van der Waals surface area contributed by atoms with E-state index in [1.165, 1.54) is 0 Å². The smallest absolute Gasteiger partial charge is 0.239 e. The van der Waals surface area contributed by atoms with Crippen LogP contribution in [0.3, 0.4) is 0 Å². The zero-order valence-corrected chi connectivity index (χ0v) is 13.9. The lowest BCUT2D eigenvalue weighted by Crippen LogP contribution is -2.44. The van der Waals surface area contributed by atoms with Crippen LogP contribution in [0.4, 0.5) is 5.69 Å². The number of anilines is 1. The average molecular weight is 314 g/mol. The lowest BCUT2D eigenvalue weighted by atomic mass is 9.90. The van der Waals surface area contributed by atoms with E-state index in [0.717, 1.165) is 16.8 Å². The van der Waals surface area contributed by atoms with Crippen LogP contribution < -0.4 is 10.6 Å². The molecule has 0 unspecified atom stereocenters. The number of hydrogen-bond acceptors (Lipinski definition) is 3. The Hall–Kier alpha value is -2.56. The quantitative estimate of drug-likeness (QED) is 0.833. The summed E-state index contributed by atoms with van der Waals surface area (Å²) in [6.45, 7) is 7.38. The number of aryl methyl sites for hydroxylation is 1. The van der Waals surface area contributed by atoms with Gasteiger partial charge in [-0.1, -0.05) is 12.1 Å². The highest BCUT2D eigenvalue weighted by molar-refractivity contribution is 6.10. The first-order valence-corrected chi connectivity index (χ1v) is 7.50. The molecule has 1 heterocycles. The number of furan rings is 1. The van der Waals surface area contributed by atoms with E-state index in [1.54, 1.807) is 32.2 Å². The van der Waals surface area contributed by atoms with Crippen LogP contribution >= 0.6 is 0 Å². The van der Waals surface area contributed by atoms with Crippen LogP contribution in [0.25, 0.3) is 0 Å². The van der Waals surface area contributed by atoms with Gasteiger partial charge < -0.3 is 15.1 Å². The summed E-state index contributed by atoms with van der Waals surface area (Å²) in [5.41, 5.74) is 1.61. The molecule has 122 valence electrons. The average Bonchev–Trinajstić information content (AvgIpc) is 3.02. The summed E-state index contributed by atoms with van der Waals surface area (Å²) in [5, 5.41) is 5.57. The van der Waals surface area contributed by atoms with Gasteiger partial charge in [0.2, 0.25) is 11.8 Å². The van der Waals surface area contributed by atoms with Gasteiger partial charge in [-0.3, -0.25) is 9.59 Å². The number of hydrogen-bond donors (Lipinski definition) is 2. The van der Waals surface area contributed by atoms with Gasteiger partial charge in [0.25, 0.3) is 0 Å². The van der Waals surface area contributed by atoms with E-state index in [9.17, 15) is 9.59 Å². The van der Waals surface area contributed by atoms with Gasteiger partial charge in [0.05, 0.1) is 12.8 Å². The molecule has 2 rings (SSSR count). The van der Waals surface area contributed by atoms with Crippen molar-refractivity contribution in [3.63, 3.8) is 0 Å². The zero-order valence-electron chi connectivity index (χ0n) is 13.9. The number of nitrogens with one attached hydrogen (secondary N) is 2. The second kappa shape index (κ2) is 6.69. The molecule has 0 fully saturated rings. The molecule has 0 saturated heterocycles. The Kier molecular flexibility index (Phi) is 4.89. The van der Waals surface area contributed by atoms with Gasteiger partial charge in [-0.25, -0.2) is 0 Å². The molecule has 2 amide bonds. The molecule has 0 aliphatic rings. The van der Waals surface area contributed by atoms with Gasteiger partial charge in [0, 0.05) is 5.69 Å². The van der Waals surface area contributed by atoms with Crippen molar-refractivity contribution < 1.29 is 14.0 Å². The van der Waals surface area contributed by atoms with E-state index in [-0.39, 0.29) is 18.4 Å². The minimum atomic E-state index is -1.19. The minimum absolute atomic E-state index is 0.256. The molecule has 5 heteroatoms. The molecular formula is C18H22N2O3. The number of carbonyl (C=O) groups is 2. The maximum absolute atomic E-state index is 12.5. The first kappa shape index (κ1) is 16.8. The van der Waals surface area contributed by atoms with E-state index in [4.69, 9.17) is 4.42 Å². The van der Waals surface area contributed by atoms with Gasteiger partial charge in [-0.2, -0.15) is 0 Å². The van der Waals surface area contributed by atoms with Gasteiger partial charge in [-0.15, -0.1) is 0 Å². The third kappa shape index (κ3) is 3.80. The van der Waals surface area contributed by atoms with E-state index in [0.29, 0.717) is 5.76 Å². The van der Waals surface area contributed by atoms with Crippen LogP contribution in [-0.2, 0) is 16.1 Å². The van der Waals surface area contributed by atoms with E-state index < -0.39 is 5.41 Å². The molecule has 1 aromatic heterocycles. The van der Waals surface area contributed by atoms with Crippen molar-refractivity contribution in [3.05, 3.63) is 53.5 Å². The van der Waals surface area contributed by atoms with Crippen molar-refractivity contribution >= 4 is 17.5 Å². The van der Waals surface area contributed by atoms with Crippen LogP contribution in [0.1, 0.15) is 30.7 Å². The second-order valence-electron chi connectivity index (χ2n) is 6.09. The Balaban J connectivity index is 2.04. The monoisotopic (exact) mass is 314 g/mol. The van der Waals surface area contributed by atoms with Crippen molar-refractivity contribution in [1.29, 1.82) is 0 Å². The molecule has 0 aliphatic carbocycles. The number of rotatable bonds is 5. The second-order valence-corrected chi connectivity index (χ2v) is 6.09. The summed E-state index contributed by atoms with van der Waals surface area (Å²) in [6, 6.07) is 9.20. The Labute approximate surface area is 136 Å². The van der Waals surface area contributed by atoms with Crippen molar-refractivity contribution in [3.8, 4) is 0 Å². The van der Waals surface area contributed by atoms with E-state index in [1.807, 2.05) is 32.0 Å². The summed E-state index contributed by atoms with van der Waals surface area (Å²) in [6.07, 6.45) is 1.54. The maximum atomic E-state index is 12.5.